The van der Waals surface area contributed by atoms with Gasteiger partial charge in [0.15, 0.2) is 0 Å². The van der Waals surface area contributed by atoms with E-state index in [-0.39, 0.29) is 11.4 Å². The lowest BCUT2D eigenvalue weighted by Gasteiger charge is -2.27. The number of rotatable bonds is 6. The van der Waals surface area contributed by atoms with Crippen LogP contribution >= 0.6 is 0 Å². The fraction of sp³-hybridized carbons (Fsp3) is 1.00. The number of hydrogen-bond acceptors (Lipinski definition) is 3. The maximum Gasteiger partial charge on any atom is 0.0505 e. The first kappa shape index (κ1) is 15.1. The van der Waals surface area contributed by atoms with Gasteiger partial charge >= 0.3 is 0 Å². The fourth-order valence-corrected chi connectivity index (χ4v) is 4.18. The minimum atomic E-state index is -0.779. The molecule has 0 bridgehead atoms. The SMILES string of the molecule is CC(C)(C)S(=O)C1CCCC1COCCCO. The van der Waals surface area contributed by atoms with E-state index in [0.717, 1.165) is 12.8 Å². The molecule has 17 heavy (non-hydrogen) atoms. The van der Waals surface area contributed by atoms with Gasteiger partial charge in [-0.15, -0.1) is 0 Å². The Morgan fingerprint density at radius 2 is 2.06 bits per heavy atom. The summed E-state index contributed by atoms with van der Waals surface area (Å²) in [6.45, 7) is 7.64. The summed E-state index contributed by atoms with van der Waals surface area (Å²) in [5.74, 6) is 0.439. The molecule has 1 fully saturated rings. The lowest BCUT2D eigenvalue weighted by molar-refractivity contribution is 0.0891. The second-order valence-corrected chi connectivity index (χ2v) is 8.22. The average Bonchev–Trinajstić information content (AvgIpc) is 2.70. The maximum absolute atomic E-state index is 12.4. The molecule has 0 radical (unpaired) electrons. The van der Waals surface area contributed by atoms with Crippen LogP contribution in [0.3, 0.4) is 0 Å². The van der Waals surface area contributed by atoms with Crippen molar-refractivity contribution in [2.24, 2.45) is 5.92 Å². The van der Waals surface area contributed by atoms with Crippen LogP contribution in [0.25, 0.3) is 0 Å². The van der Waals surface area contributed by atoms with Crippen molar-refractivity contribution in [3.05, 3.63) is 0 Å². The smallest absolute Gasteiger partial charge is 0.0505 e. The fourth-order valence-electron chi connectivity index (χ4n) is 2.33. The van der Waals surface area contributed by atoms with Gasteiger partial charge in [-0.25, -0.2) is 0 Å². The highest BCUT2D eigenvalue weighted by molar-refractivity contribution is 7.87. The first-order valence-electron chi connectivity index (χ1n) is 6.56. The number of aliphatic hydroxyl groups is 1. The third-order valence-electron chi connectivity index (χ3n) is 3.25. The molecule has 0 aromatic carbocycles. The summed E-state index contributed by atoms with van der Waals surface area (Å²) < 4.78 is 17.8. The lowest BCUT2D eigenvalue weighted by atomic mass is 10.1. The number of hydrogen-bond donors (Lipinski definition) is 1. The molecule has 1 N–H and O–H groups in total. The Hall–Kier alpha value is 0.0700. The Morgan fingerprint density at radius 1 is 1.35 bits per heavy atom. The summed E-state index contributed by atoms with van der Waals surface area (Å²) in [5, 5.41) is 8.97. The van der Waals surface area contributed by atoms with E-state index in [9.17, 15) is 4.21 Å². The molecule has 0 aromatic heterocycles. The molecule has 3 atom stereocenters. The van der Waals surface area contributed by atoms with E-state index in [4.69, 9.17) is 9.84 Å². The molecule has 0 spiro atoms. The summed E-state index contributed by atoms with van der Waals surface area (Å²) in [4.78, 5) is 0. The van der Waals surface area contributed by atoms with Crippen LogP contribution in [0.4, 0.5) is 0 Å². The van der Waals surface area contributed by atoms with Crippen molar-refractivity contribution in [3.8, 4) is 0 Å². The van der Waals surface area contributed by atoms with E-state index < -0.39 is 10.8 Å². The van der Waals surface area contributed by atoms with Gasteiger partial charge in [0.25, 0.3) is 0 Å². The monoisotopic (exact) mass is 262 g/mol. The summed E-state index contributed by atoms with van der Waals surface area (Å²) in [5.41, 5.74) is 0. The zero-order valence-corrected chi connectivity index (χ0v) is 12.1. The topological polar surface area (TPSA) is 46.5 Å². The van der Waals surface area contributed by atoms with Crippen molar-refractivity contribution in [1.82, 2.24) is 0 Å². The van der Waals surface area contributed by atoms with E-state index in [2.05, 4.69) is 0 Å². The molecule has 102 valence electrons. The van der Waals surface area contributed by atoms with Gasteiger partial charge in [0.2, 0.25) is 0 Å². The molecule has 1 aliphatic carbocycles. The van der Waals surface area contributed by atoms with Crippen LogP contribution in [0.15, 0.2) is 0 Å². The Kier molecular flexibility index (Phi) is 6.10. The van der Waals surface area contributed by atoms with Crippen molar-refractivity contribution in [3.63, 3.8) is 0 Å². The second-order valence-electron chi connectivity index (χ2n) is 5.79. The highest BCUT2D eigenvalue weighted by Crippen LogP contribution is 2.34. The summed E-state index contributed by atoms with van der Waals surface area (Å²) in [7, 11) is -0.779. The van der Waals surface area contributed by atoms with Gasteiger partial charge < -0.3 is 9.84 Å². The summed E-state index contributed by atoms with van der Waals surface area (Å²) >= 11 is 0. The van der Waals surface area contributed by atoms with E-state index in [1.807, 2.05) is 20.8 Å². The highest BCUT2D eigenvalue weighted by Gasteiger charge is 2.36. The molecule has 1 aliphatic rings. The van der Waals surface area contributed by atoms with Crippen molar-refractivity contribution in [2.45, 2.75) is 56.5 Å². The normalized spacial score (nSPS) is 27.3. The van der Waals surface area contributed by atoms with Crippen molar-refractivity contribution < 1.29 is 14.1 Å². The van der Waals surface area contributed by atoms with Crippen LogP contribution in [0.5, 0.6) is 0 Å². The predicted molar refractivity (Wildman–Crippen MR) is 71.5 cm³/mol. The van der Waals surface area contributed by atoms with Gasteiger partial charge in [-0.05, 0) is 46.0 Å². The molecule has 3 nitrogen and oxygen atoms in total. The summed E-state index contributed by atoms with van der Waals surface area (Å²) in [6.07, 6.45) is 4.06. The Labute approximate surface area is 107 Å². The molecular formula is C13H26O3S. The van der Waals surface area contributed by atoms with Crippen molar-refractivity contribution in [1.29, 1.82) is 0 Å². The standard InChI is InChI=1S/C13H26O3S/c1-13(2,3)17(15)12-7-4-6-11(12)10-16-9-5-8-14/h11-12,14H,4-10H2,1-3H3. The van der Waals surface area contributed by atoms with E-state index in [0.29, 0.717) is 30.8 Å². The van der Waals surface area contributed by atoms with Crippen molar-refractivity contribution >= 4 is 10.8 Å². The summed E-state index contributed by atoms with van der Waals surface area (Å²) in [6, 6.07) is 0. The third-order valence-corrected chi connectivity index (χ3v) is 5.62. The molecule has 0 amide bonds. The third kappa shape index (κ3) is 4.68. The van der Waals surface area contributed by atoms with Gasteiger partial charge in [0, 0.05) is 34.0 Å². The van der Waals surface area contributed by atoms with Gasteiger partial charge in [-0.2, -0.15) is 0 Å². The van der Waals surface area contributed by atoms with E-state index >= 15 is 0 Å². The first-order chi connectivity index (χ1) is 7.96. The number of ether oxygens (including phenoxy) is 1. The Bertz CT molecular complexity index is 248. The lowest BCUT2D eigenvalue weighted by Crippen LogP contribution is -2.35. The highest BCUT2D eigenvalue weighted by atomic mass is 32.2. The Morgan fingerprint density at radius 3 is 2.65 bits per heavy atom. The van der Waals surface area contributed by atoms with E-state index in [1.165, 1.54) is 6.42 Å². The molecule has 3 unspecified atom stereocenters. The van der Waals surface area contributed by atoms with Gasteiger partial charge in [-0.1, -0.05) is 6.42 Å². The predicted octanol–water partition coefficient (Wildman–Crippen LogP) is 2.10. The van der Waals surface area contributed by atoms with Crippen LogP contribution in [0.1, 0.15) is 46.5 Å². The van der Waals surface area contributed by atoms with Crippen molar-refractivity contribution in [2.75, 3.05) is 19.8 Å². The molecule has 0 heterocycles. The molecule has 1 saturated carbocycles. The minimum absolute atomic E-state index is 0.127. The van der Waals surface area contributed by atoms with Crippen LogP contribution in [0, 0.1) is 5.92 Å². The first-order valence-corrected chi connectivity index (χ1v) is 7.77. The molecule has 0 aliphatic heterocycles. The largest absolute Gasteiger partial charge is 0.396 e. The van der Waals surface area contributed by atoms with Crippen LogP contribution < -0.4 is 0 Å². The van der Waals surface area contributed by atoms with Crippen LogP contribution in [-0.4, -0.2) is 39.1 Å². The molecule has 4 heteroatoms. The maximum atomic E-state index is 12.4. The minimum Gasteiger partial charge on any atom is -0.396 e. The Balaban J connectivity index is 2.41. The zero-order valence-electron chi connectivity index (χ0n) is 11.3. The van der Waals surface area contributed by atoms with Gasteiger partial charge in [-0.3, -0.25) is 4.21 Å². The molecular weight excluding hydrogens is 236 g/mol. The van der Waals surface area contributed by atoms with Gasteiger partial charge in [0.05, 0.1) is 6.61 Å². The van der Waals surface area contributed by atoms with E-state index in [1.54, 1.807) is 0 Å². The number of aliphatic hydroxyl groups excluding tert-OH is 1. The van der Waals surface area contributed by atoms with Gasteiger partial charge in [0.1, 0.15) is 0 Å². The molecule has 1 rings (SSSR count). The molecule has 0 saturated heterocycles. The van der Waals surface area contributed by atoms with Crippen LogP contribution in [0.2, 0.25) is 0 Å². The second kappa shape index (κ2) is 6.86. The van der Waals surface area contributed by atoms with Crippen LogP contribution in [-0.2, 0) is 15.5 Å². The zero-order chi connectivity index (χ0) is 12.9. The quantitative estimate of drug-likeness (QED) is 0.746. The molecule has 0 aromatic rings. The average molecular weight is 262 g/mol.